The molecule has 6 nitrogen and oxygen atoms in total. The van der Waals surface area contributed by atoms with Crippen molar-refractivity contribution in [2.24, 2.45) is 0 Å². The Bertz CT molecular complexity index is 865. The first-order valence-electron chi connectivity index (χ1n) is 7.39. The lowest BCUT2D eigenvalue weighted by Gasteiger charge is -2.14. The summed E-state index contributed by atoms with van der Waals surface area (Å²) < 4.78 is 30.7. The van der Waals surface area contributed by atoms with Crippen molar-refractivity contribution in [2.45, 2.75) is 11.4 Å². The molecule has 1 N–H and O–H groups in total. The standard InChI is InChI=1S/C17H19ClN2O4S/c1-20(2)25(22,23)16-10-13(6-9-15(16)18)17(21)19-11-12-4-7-14(24-3)8-5-12/h4-10H,11H2,1-3H3,(H,19,21). The molecular formula is C17H19ClN2O4S. The molecule has 0 atom stereocenters. The van der Waals surface area contributed by atoms with E-state index in [9.17, 15) is 13.2 Å². The molecule has 2 aromatic rings. The van der Waals surface area contributed by atoms with Gasteiger partial charge in [0.15, 0.2) is 0 Å². The second kappa shape index (κ2) is 7.86. The molecule has 0 radical (unpaired) electrons. The van der Waals surface area contributed by atoms with Crippen LogP contribution in [0.3, 0.4) is 0 Å². The lowest BCUT2D eigenvalue weighted by molar-refractivity contribution is 0.0950. The normalized spacial score (nSPS) is 11.4. The summed E-state index contributed by atoms with van der Waals surface area (Å²) in [5.41, 5.74) is 1.11. The summed E-state index contributed by atoms with van der Waals surface area (Å²) in [6.45, 7) is 0.307. The number of nitrogens with one attached hydrogen (secondary N) is 1. The predicted molar refractivity (Wildman–Crippen MR) is 96.5 cm³/mol. The smallest absolute Gasteiger partial charge is 0.251 e. The van der Waals surface area contributed by atoms with Crippen molar-refractivity contribution in [3.05, 3.63) is 58.6 Å². The number of hydrogen-bond donors (Lipinski definition) is 1. The van der Waals surface area contributed by atoms with Gasteiger partial charge in [0.25, 0.3) is 5.91 Å². The summed E-state index contributed by atoms with van der Waals surface area (Å²) in [4.78, 5) is 12.2. The molecule has 8 heteroatoms. The van der Waals surface area contributed by atoms with Gasteiger partial charge in [-0.2, -0.15) is 0 Å². The van der Waals surface area contributed by atoms with Crippen LogP contribution in [-0.4, -0.2) is 39.8 Å². The number of carbonyl (C=O) groups excluding carboxylic acids is 1. The Hall–Kier alpha value is -2.09. The number of methoxy groups -OCH3 is 1. The van der Waals surface area contributed by atoms with Gasteiger partial charge in [-0.1, -0.05) is 23.7 Å². The summed E-state index contributed by atoms with van der Waals surface area (Å²) in [7, 11) is 0.659. The van der Waals surface area contributed by atoms with Crippen molar-refractivity contribution in [1.82, 2.24) is 9.62 Å². The Morgan fingerprint density at radius 1 is 1.16 bits per heavy atom. The van der Waals surface area contributed by atoms with Crippen molar-refractivity contribution in [3.63, 3.8) is 0 Å². The topological polar surface area (TPSA) is 75.7 Å². The SMILES string of the molecule is COc1ccc(CNC(=O)c2ccc(Cl)c(S(=O)(=O)N(C)C)c2)cc1. The molecule has 0 aliphatic carbocycles. The van der Waals surface area contributed by atoms with Crippen LogP contribution in [0.5, 0.6) is 5.75 Å². The van der Waals surface area contributed by atoms with E-state index in [1.54, 1.807) is 19.2 Å². The summed E-state index contributed by atoms with van der Waals surface area (Å²) in [6, 6.07) is 11.4. The van der Waals surface area contributed by atoms with E-state index in [4.69, 9.17) is 16.3 Å². The summed E-state index contributed by atoms with van der Waals surface area (Å²) in [5, 5.41) is 2.82. The second-order valence-electron chi connectivity index (χ2n) is 5.46. The number of amides is 1. The van der Waals surface area contributed by atoms with Gasteiger partial charge in [-0.3, -0.25) is 4.79 Å². The van der Waals surface area contributed by atoms with Crippen molar-refractivity contribution >= 4 is 27.5 Å². The van der Waals surface area contributed by atoms with E-state index in [0.29, 0.717) is 6.54 Å². The van der Waals surface area contributed by atoms with Gasteiger partial charge in [0.05, 0.1) is 12.1 Å². The van der Waals surface area contributed by atoms with Gasteiger partial charge in [0, 0.05) is 26.2 Å². The van der Waals surface area contributed by atoms with Crippen LogP contribution >= 0.6 is 11.6 Å². The van der Waals surface area contributed by atoms with Gasteiger partial charge < -0.3 is 10.1 Å². The number of rotatable bonds is 6. The van der Waals surface area contributed by atoms with Gasteiger partial charge in [-0.25, -0.2) is 12.7 Å². The zero-order valence-electron chi connectivity index (χ0n) is 14.1. The Balaban J connectivity index is 2.16. The highest BCUT2D eigenvalue weighted by molar-refractivity contribution is 7.89. The molecule has 0 aliphatic heterocycles. The molecule has 0 saturated heterocycles. The fraction of sp³-hybridized carbons (Fsp3) is 0.235. The van der Waals surface area contributed by atoms with Crippen LogP contribution in [0.15, 0.2) is 47.4 Å². The highest BCUT2D eigenvalue weighted by Gasteiger charge is 2.22. The molecule has 2 aromatic carbocycles. The number of halogens is 1. The fourth-order valence-corrected chi connectivity index (χ4v) is 3.46. The van der Waals surface area contributed by atoms with E-state index in [0.717, 1.165) is 15.6 Å². The van der Waals surface area contributed by atoms with Gasteiger partial charge >= 0.3 is 0 Å². The van der Waals surface area contributed by atoms with Crippen molar-refractivity contribution < 1.29 is 17.9 Å². The van der Waals surface area contributed by atoms with Crippen LogP contribution in [0.1, 0.15) is 15.9 Å². The van der Waals surface area contributed by atoms with Crippen LogP contribution in [0, 0.1) is 0 Å². The van der Waals surface area contributed by atoms with Gasteiger partial charge in [0.2, 0.25) is 10.0 Å². The van der Waals surface area contributed by atoms with E-state index in [1.165, 1.54) is 32.3 Å². The Morgan fingerprint density at radius 3 is 2.36 bits per heavy atom. The van der Waals surface area contributed by atoms with Crippen LogP contribution in [0.4, 0.5) is 0 Å². The van der Waals surface area contributed by atoms with Gasteiger partial charge in [-0.05, 0) is 35.9 Å². The average molecular weight is 383 g/mol. The minimum absolute atomic E-state index is 0.0698. The van der Waals surface area contributed by atoms with Crippen LogP contribution in [-0.2, 0) is 16.6 Å². The van der Waals surface area contributed by atoms with Crippen LogP contribution < -0.4 is 10.1 Å². The molecule has 25 heavy (non-hydrogen) atoms. The van der Waals surface area contributed by atoms with Crippen molar-refractivity contribution in [3.8, 4) is 5.75 Å². The lowest BCUT2D eigenvalue weighted by atomic mass is 10.2. The number of sulfonamides is 1. The number of hydrogen-bond acceptors (Lipinski definition) is 4. The monoisotopic (exact) mass is 382 g/mol. The zero-order valence-corrected chi connectivity index (χ0v) is 15.7. The maximum atomic E-state index is 12.3. The Kier molecular flexibility index (Phi) is 6.05. The molecule has 0 fully saturated rings. The van der Waals surface area contributed by atoms with E-state index < -0.39 is 10.0 Å². The molecule has 0 spiro atoms. The molecule has 0 saturated carbocycles. The highest BCUT2D eigenvalue weighted by atomic mass is 35.5. The molecule has 0 unspecified atom stereocenters. The number of nitrogens with zero attached hydrogens (tertiary/aromatic N) is 1. The van der Waals surface area contributed by atoms with E-state index in [1.807, 2.05) is 12.1 Å². The third-order valence-electron chi connectivity index (χ3n) is 3.56. The predicted octanol–water partition coefficient (Wildman–Crippen LogP) is 2.53. The van der Waals surface area contributed by atoms with Crippen molar-refractivity contribution in [1.29, 1.82) is 0 Å². The lowest BCUT2D eigenvalue weighted by Crippen LogP contribution is -2.25. The first-order valence-corrected chi connectivity index (χ1v) is 9.20. The van der Waals surface area contributed by atoms with Crippen LogP contribution in [0.2, 0.25) is 5.02 Å². The van der Waals surface area contributed by atoms with Gasteiger partial charge in [-0.15, -0.1) is 0 Å². The quantitative estimate of drug-likeness (QED) is 0.833. The molecule has 134 valence electrons. The third kappa shape index (κ3) is 4.50. The number of benzene rings is 2. The van der Waals surface area contributed by atoms with E-state index in [2.05, 4.69) is 5.32 Å². The highest BCUT2D eigenvalue weighted by Crippen LogP contribution is 2.24. The molecular weight excluding hydrogens is 364 g/mol. The maximum Gasteiger partial charge on any atom is 0.251 e. The second-order valence-corrected chi connectivity index (χ2v) is 7.99. The number of ether oxygens (including phenoxy) is 1. The minimum Gasteiger partial charge on any atom is -0.497 e. The summed E-state index contributed by atoms with van der Waals surface area (Å²) in [5.74, 6) is 0.342. The molecule has 0 aromatic heterocycles. The third-order valence-corrected chi connectivity index (χ3v) is 5.86. The minimum atomic E-state index is -3.73. The number of carbonyl (C=O) groups is 1. The summed E-state index contributed by atoms with van der Waals surface area (Å²) in [6.07, 6.45) is 0. The van der Waals surface area contributed by atoms with E-state index in [-0.39, 0.29) is 21.4 Å². The molecule has 0 heterocycles. The van der Waals surface area contributed by atoms with Crippen molar-refractivity contribution in [2.75, 3.05) is 21.2 Å². The molecule has 1 amide bonds. The Morgan fingerprint density at radius 2 is 1.80 bits per heavy atom. The first kappa shape index (κ1) is 19.2. The largest absolute Gasteiger partial charge is 0.497 e. The zero-order chi connectivity index (χ0) is 18.6. The van der Waals surface area contributed by atoms with Gasteiger partial charge in [0.1, 0.15) is 10.6 Å². The molecule has 0 bridgehead atoms. The molecule has 0 aliphatic rings. The summed E-state index contributed by atoms with van der Waals surface area (Å²) >= 11 is 5.98. The average Bonchev–Trinajstić information content (AvgIpc) is 2.60. The van der Waals surface area contributed by atoms with Crippen LogP contribution in [0.25, 0.3) is 0 Å². The Labute approximate surface area is 152 Å². The fourth-order valence-electron chi connectivity index (χ4n) is 2.07. The maximum absolute atomic E-state index is 12.3. The molecule has 2 rings (SSSR count). The first-order chi connectivity index (χ1) is 11.8. The van der Waals surface area contributed by atoms with E-state index >= 15 is 0 Å².